The second kappa shape index (κ2) is 9.58. The normalized spacial score (nSPS) is 25.1. The number of aliphatic carboxylic acids is 1. The number of piperidine rings is 1. The van der Waals surface area contributed by atoms with E-state index < -0.39 is 11.6 Å². The molecule has 1 amide bonds. The van der Waals surface area contributed by atoms with E-state index in [0.29, 0.717) is 25.9 Å². The van der Waals surface area contributed by atoms with Crippen LogP contribution in [-0.2, 0) is 26.5 Å². The maximum absolute atomic E-state index is 12.8. The number of hydrogen-bond donors (Lipinski definition) is 1. The number of amides is 1. The molecule has 0 radical (unpaired) electrons. The fraction of sp³-hybridized carbons (Fsp3) is 0.458. The Morgan fingerprint density at radius 1 is 1.16 bits per heavy atom. The second-order valence-electron chi connectivity index (χ2n) is 8.77. The predicted molar refractivity (Wildman–Crippen MR) is 121 cm³/mol. The minimum Gasteiger partial charge on any atom is -0.480 e. The van der Waals surface area contributed by atoms with Crippen molar-refractivity contribution in [2.75, 3.05) is 19.7 Å². The van der Waals surface area contributed by atoms with Gasteiger partial charge in [0.15, 0.2) is 0 Å². The van der Waals surface area contributed by atoms with Crippen molar-refractivity contribution in [3.05, 3.63) is 64.4 Å². The van der Waals surface area contributed by atoms with E-state index in [4.69, 9.17) is 9.47 Å². The molecule has 1 spiro atoms. The lowest BCUT2D eigenvalue weighted by molar-refractivity contribution is -0.151. The lowest BCUT2D eigenvalue weighted by Gasteiger charge is -2.41. The van der Waals surface area contributed by atoms with E-state index in [1.54, 1.807) is 17.3 Å². The van der Waals surface area contributed by atoms with Crippen LogP contribution in [0.4, 0.5) is 4.79 Å². The zero-order chi connectivity index (χ0) is 22.6. The first-order valence-corrected chi connectivity index (χ1v) is 11.6. The van der Waals surface area contributed by atoms with Gasteiger partial charge in [-0.25, -0.2) is 9.59 Å². The van der Waals surface area contributed by atoms with E-state index in [1.165, 1.54) is 0 Å². The van der Waals surface area contributed by atoms with Gasteiger partial charge in [0.25, 0.3) is 0 Å². The van der Waals surface area contributed by atoms with Crippen LogP contribution in [0, 0.1) is 5.41 Å². The largest absolute Gasteiger partial charge is 0.480 e. The third-order valence-corrected chi connectivity index (χ3v) is 7.21. The van der Waals surface area contributed by atoms with Crippen LogP contribution in [0.15, 0.2) is 53.3 Å². The molecule has 2 fully saturated rings. The number of carbonyl (C=O) groups is 2. The molecular formula is C24H27BrN2O5. The van der Waals surface area contributed by atoms with E-state index in [1.807, 2.05) is 36.4 Å². The monoisotopic (exact) mass is 502 g/mol. The molecule has 4 rings (SSSR count). The molecule has 1 saturated carbocycles. The van der Waals surface area contributed by atoms with Gasteiger partial charge in [-0.3, -0.25) is 4.98 Å². The summed E-state index contributed by atoms with van der Waals surface area (Å²) in [7, 11) is 0. The molecular weight excluding hydrogens is 476 g/mol. The molecule has 7 nitrogen and oxygen atoms in total. The number of hydrogen-bond acceptors (Lipinski definition) is 5. The van der Waals surface area contributed by atoms with Crippen molar-refractivity contribution >= 4 is 28.0 Å². The number of nitrogens with zero attached hydrogens (tertiary/aromatic N) is 2. The summed E-state index contributed by atoms with van der Waals surface area (Å²) in [6, 6.07) is 11.5. The molecule has 1 aliphatic carbocycles. The van der Waals surface area contributed by atoms with Crippen LogP contribution in [-0.4, -0.2) is 46.7 Å². The van der Waals surface area contributed by atoms with E-state index >= 15 is 0 Å². The van der Waals surface area contributed by atoms with Crippen LogP contribution < -0.4 is 0 Å². The topological polar surface area (TPSA) is 89.0 Å². The van der Waals surface area contributed by atoms with Gasteiger partial charge in [0.05, 0.1) is 5.60 Å². The molecule has 2 aliphatic rings. The first kappa shape index (κ1) is 22.7. The summed E-state index contributed by atoms with van der Waals surface area (Å²) in [5.74, 6) is -0.995. The summed E-state index contributed by atoms with van der Waals surface area (Å²) < 4.78 is 12.4. The van der Waals surface area contributed by atoms with Gasteiger partial charge in [-0.05, 0) is 65.1 Å². The molecule has 2 heterocycles. The molecule has 1 aromatic heterocycles. The van der Waals surface area contributed by atoms with Crippen LogP contribution in [0.25, 0.3) is 0 Å². The number of pyridine rings is 1. The molecule has 8 heteroatoms. The van der Waals surface area contributed by atoms with E-state index in [2.05, 4.69) is 20.9 Å². The zero-order valence-corrected chi connectivity index (χ0v) is 19.4. The van der Waals surface area contributed by atoms with Crippen LogP contribution in [0.1, 0.15) is 43.2 Å². The van der Waals surface area contributed by atoms with Crippen LogP contribution in [0.3, 0.4) is 0 Å². The lowest BCUT2D eigenvalue weighted by Crippen LogP contribution is -2.46. The van der Waals surface area contributed by atoms with Gasteiger partial charge in [-0.2, -0.15) is 0 Å². The number of halogens is 1. The van der Waals surface area contributed by atoms with Crippen molar-refractivity contribution < 1.29 is 24.2 Å². The van der Waals surface area contributed by atoms with Gasteiger partial charge < -0.3 is 19.5 Å². The summed E-state index contributed by atoms with van der Waals surface area (Å²) in [4.78, 5) is 30.0. The van der Waals surface area contributed by atoms with E-state index in [0.717, 1.165) is 34.9 Å². The fourth-order valence-corrected chi connectivity index (χ4v) is 5.76. The number of ether oxygens (including phenoxy) is 2. The van der Waals surface area contributed by atoms with Gasteiger partial charge in [-0.1, -0.05) is 30.3 Å². The number of carboxylic acid groups (broad SMARTS) is 1. The smallest absolute Gasteiger partial charge is 0.410 e. The minimum absolute atomic E-state index is 0.134. The molecule has 2 aromatic rings. The molecule has 2 unspecified atom stereocenters. The fourth-order valence-electron chi connectivity index (χ4n) is 5.15. The zero-order valence-electron chi connectivity index (χ0n) is 17.8. The van der Waals surface area contributed by atoms with Crippen molar-refractivity contribution in [3.63, 3.8) is 0 Å². The highest BCUT2D eigenvalue weighted by atomic mass is 79.9. The highest BCUT2D eigenvalue weighted by Gasteiger charge is 2.52. The van der Waals surface area contributed by atoms with Crippen molar-refractivity contribution in [1.82, 2.24) is 9.88 Å². The molecule has 32 heavy (non-hydrogen) atoms. The van der Waals surface area contributed by atoms with E-state index in [-0.39, 0.29) is 24.7 Å². The quantitative estimate of drug-likeness (QED) is 0.613. The molecule has 170 valence electrons. The Morgan fingerprint density at radius 3 is 2.72 bits per heavy atom. The third kappa shape index (κ3) is 4.96. The average molecular weight is 503 g/mol. The van der Waals surface area contributed by atoms with E-state index in [9.17, 15) is 14.7 Å². The standard InChI is InChI=1S/C24H27BrN2O5/c25-20-13-26-11-7-19(20)24(32-15-21(28)29)10-9-23(16-24)8-4-12-27(17-23)22(30)31-14-18-5-2-1-3-6-18/h1-3,5-7,11,13H,4,8-10,12,14-17H2,(H,28,29). The second-order valence-corrected chi connectivity index (χ2v) is 9.63. The van der Waals surface area contributed by atoms with Crippen molar-refractivity contribution in [1.29, 1.82) is 0 Å². The van der Waals surface area contributed by atoms with Gasteiger partial charge >= 0.3 is 12.1 Å². The Bertz CT molecular complexity index is 972. The number of aromatic nitrogens is 1. The maximum Gasteiger partial charge on any atom is 0.410 e. The Kier molecular flexibility index (Phi) is 6.81. The summed E-state index contributed by atoms with van der Waals surface area (Å²) in [6.45, 7) is 1.13. The van der Waals surface area contributed by atoms with Crippen molar-refractivity contribution in [2.24, 2.45) is 5.41 Å². The van der Waals surface area contributed by atoms with Crippen LogP contribution >= 0.6 is 15.9 Å². The summed E-state index contributed by atoms with van der Waals surface area (Å²) in [6.07, 6.45) is 7.15. The third-order valence-electron chi connectivity index (χ3n) is 6.58. The van der Waals surface area contributed by atoms with Gasteiger partial charge in [0.1, 0.15) is 13.2 Å². The molecule has 1 N–H and O–H groups in total. The number of carbonyl (C=O) groups excluding carboxylic acids is 1. The number of benzene rings is 1. The van der Waals surface area contributed by atoms with Crippen LogP contribution in [0.5, 0.6) is 0 Å². The minimum atomic E-state index is -0.995. The maximum atomic E-state index is 12.8. The van der Waals surface area contributed by atoms with Crippen LogP contribution in [0.2, 0.25) is 0 Å². The SMILES string of the molecule is O=C(O)COC1(c2ccncc2Br)CCC2(CCCN(C(=O)OCc3ccccc3)C2)C1. The highest BCUT2D eigenvalue weighted by molar-refractivity contribution is 9.10. The summed E-state index contributed by atoms with van der Waals surface area (Å²) in [5, 5.41) is 9.26. The molecule has 1 saturated heterocycles. The Hall–Kier alpha value is -2.45. The van der Waals surface area contributed by atoms with Gasteiger partial charge in [0.2, 0.25) is 0 Å². The van der Waals surface area contributed by atoms with Gasteiger partial charge in [0, 0.05) is 35.5 Å². The highest BCUT2D eigenvalue weighted by Crippen LogP contribution is 2.56. The Balaban J connectivity index is 1.49. The molecule has 2 atom stereocenters. The number of carboxylic acids is 1. The van der Waals surface area contributed by atoms with Gasteiger partial charge in [-0.15, -0.1) is 0 Å². The van der Waals surface area contributed by atoms with Crippen molar-refractivity contribution in [2.45, 2.75) is 44.3 Å². The summed E-state index contributed by atoms with van der Waals surface area (Å²) >= 11 is 3.56. The molecule has 1 aliphatic heterocycles. The van der Waals surface area contributed by atoms with Crippen molar-refractivity contribution in [3.8, 4) is 0 Å². The number of likely N-dealkylation sites (tertiary alicyclic amines) is 1. The molecule has 0 bridgehead atoms. The Morgan fingerprint density at radius 2 is 1.97 bits per heavy atom. The average Bonchev–Trinajstić information content (AvgIpc) is 3.15. The Labute approximate surface area is 195 Å². The lowest BCUT2D eigenvalue weighted by atomic mass is 9.76. The molecule has 1 aromatic carbocycles. The first-order chi connectivity index (χ1) is 15.4. The first-order valence-electron chi connectivity index (χ1n) is 10.8. The summed E-state index contributed by atoms with van der Waals surface area (Å²) in [5.41, 5.74) is 1.01. The predicted octanol–water partition coefficient (Wildman–Crippen LogP) is 4.74. The number of rotatable bonds is 6.